The molecule has 0 bridgehead atoms. The van der Waals surface area contributed by atoms with E-state index < -0.39 is 10.6 Å². The summed E-state index contributed by atoms with van der Waals surface area (Å²) >= 11 is 0. The standard InChI is InChI=1S/C8H3NO4/c10-4-6-2-1-3-8(9(12)13)7(6)5-11/h1-3H. The molecule has 0 aliphatic heterocycles. The molecule has 0 aromatic heterocycles. The van der Waals surface area contributed by atoms with Gasteiger partial charge in [0.05, 0.1) is 4.92 Å². The first-order valence-corrected chi connectivity index (χ1v) is 3.24. The highest BCUT2D eigenvalue weighted by Gasteiger charge is 2.16. The van der Waals surface area contributed by atoms with E-state index in [0.717, 1.165) is 6.07 Å². The number of carbonyl (C=O) groups excluding carboxylic acids is 2. The molecule has 0 atom stereocenters. The van der Waals surface area contributed by atoms with Crippen LogP contribution >= 0.6 is 0 Å². The second kappa shape index (κ2) is 3.57. The van der Waals surface area contributed by atoms with Gasteiger partial charge in [-0.25, -0.2) is 0 Å². The molecule has 1 aromatic carbocycles. The first-order chi connectivity index (χ1) is 6.20. The Hall–Kier alpha value is -2.04. The zero-order valence-electron chi connectivity index (χ0n) is 6.31. The van der Waals surface area contributed by atoms with Crippen LogP contribution in [0.5, 0.6) is 0 Å². The lowest BCUT2D eigenvalue weighted by Gasteiger charge is -1.95. The van der Waals surface area contributed by atoms with E-state index in [2.05, 4.69) is 0 Å². The highest BCUT2D eigenvalue weighted by molar-refractivity contribution is 5.94. The van der Waals surface area contributed by atoms with Crippen LogP contribution in [0.4, 0.5) is 5.69 Å². The summed E-state index contributed by atoms with van der Waals surface area (Å²) < 4.78 is 0. The van der Waals surface area contributed by atoms with Crippen LogP contribution in [0.15, 0.2) is 18.2 Å². The fourth-order valence-corrected chi connectivity index (χ4v) is 0.885. The van der Waals surface area contributed by atoms with Gasteiger partial charge in [0.2, 0.25) is 12.6 Å². The first kappa shape index (κ1) is 9.05. The van der Waals surface area contributed by atoms with Gasteiger partial charge in [-0.3, -0.25) is 19.7 Å². The van der Waals surface area contributed by atoms with Gasteiger partial charge in [0, 0.05) is 11.6 Å². The van der Waals surface area contributed by atoms with Crippen LogP contribution in [-0.2, 0) is 9.59 Å². The summed E-state index contributed by atoms with van der Waals surface area (Å²) in [7, 11) is 0. The topological polar surface area (TPSA) is 77.3 Å². The van der Waals surface area contributed by atoms with Gasteiger partial charge in [0.15, 0.2) is 0 Å². The lowest BCUT2D eigenvalue weighted by molar-refractivity contribution is -0.385. The average Bonchev–Trinajstić information content (AvgIpc) is 2.16. The Labute approximate surface area is 73.1 Å². The summed E-state index contributed by atoms with van der Waals surface area (Å²) in [5.41, 5.74) is -0.942. The molecule has 2 radical (unpaired) electrons. The molecule has 0 saturated carbocycles. The second-order valence-corrected chi connectivity index (χ2v) is 2.16. The predicted octanol–water partition coefficient (Wildman–Crippen LogP) is 0.510. The molecule has 0 unspecified atom stereocenters. The van der Waals surface area contributed by atoms with Crippen LogP contribution in [-0.4, -0.2) is 17.5 Å². The molecule has 5 heteroatoms. The molecule has 1 rings (SSSR count). The summed E-state index contributed by atoms with van der Waals surface area (Å²) in [5, 5.41) is 10.3. The fourth-order valence-electron chi connectivity index (χ4n) is 0.885. The summed E-state index contributed by atoms with van der Waals surface area (Å²) in [5.74, 6) is 0. The highest BCUT2D eigenvalue weighted by atomic mass is 16.6. The Balaban J connectivity index is 3.43. The van der Waals surface area contributed by atoms with Crippen molar-refractivity contribution >= 4 is 18.3 Å². The number of benzene rings is 1. The minimum Gasteiger partial charge on any atom is -0.285 e. The fraction of sp³-hybridized carbons (Fsp3) is 0. The van der Waals surface area contributed by atoms with Crippen LogP contribution in [0.1, 0.15) is 11.1 Å². The van der Waals surface area contributed by atoms with Crippen LogP contribution < -0.4 is 0 Å². The van der Waals surface area contributed by atoms with Crippen molar-refractivity contribution in [3.05, 3.63) is 39.4 Å². The molecule has 0 heterocycles. The predicted molar refractivity (Wildman–Crippen MR) is 42.7 cm³/mol. The van der Waals surface area contributed by atoms with E-state index in [1.807, 2.05) is 0 Å². The van der Waals surface area contributed by atoms with Gasteiger partial charge in [0.1, 0.15) is 5.56 Å². The van der Waals surface area contributed by atoms with E-state index in [-0.39, 0.29) is 11.1 Å². The number of nitro groups is 1. The van der Waals surface area contributed by atoms with Crippen LogP contribution in [0.3, 0.4) is 0 Å². The molecular formula is C8H3NO4. The first-order valence-electron chi connectivity index (χ1n) is 3.24. The number of rotatable bonds is 3. The molecule has 64 valence electrons. The summed E-state index contributed by atoms with van der Waals surface area (Å²) in [6, 6.07) is 3.69. The summed E-state index contributed by atoms with van der Waals surface area (Å²) in [6.07, 6.45) is 2.77. The molecular weight excluding hydrogens is 174 g/mol. The average molecular weight is 177 g/mol. The van der Waals surface area contributed by atoms with E-state index >= 15 is 0 Å². The number of hydrogen-bond acceptors (Lipinski definition) is 4. The third-order valence-electron chi connectivity index (χ3n) is 1.45. The van der Waals surface area contributed by atoms with Gasteiger partial charge in [-0.05, 0) is 6.07 Å². The van der Waals surface area contributed by atoms with E-state index in [1.165, 1.54) is 24.7 Å². The number of nitrogens with zero attached hydrogens (tertiary/aromatic N) is 1. The van der Waals surface area contributed by atoms with E-state index in [0.29, 0.717) is 0 Å². The molecule has 0 aliphatic rings. The van der Waals surface area contributed by atoms with Crippen molar-refractivity contribution in [2.45, 2.75) is 0 Å². The van der Waals surface area contributed by atoms with Crippen LogP contribution in [0.25, 0.3) is 0 Å². The van der Waals surface area contributed by atoms with Crippen LogP contribution in [0, 0.1) is 10.1 Å². The van der Waals surface area contributed by atoms with Crippen molar-refractivity contribution in [3.63, 3.8) is 0 Å². The monoisotopic (exact) mass is 177 g/mol. The Kier molecular flexibility index (Phi) is 2.49. The minimum absolute atomic E-state index is 0.149. The van der Waals surface area contributed by atoms with Crippen molar-refractivity contribution in [1.29, 1.82) is 0 Å². The number of hydrogen-bond donors (Lipinski definition) is 0. The smallest absolute Gasteiger partial charge is 0.281 e. The quantitative estimate of drug-likeness (QED) is 0.497. The largest absolute Gasteiger partial charge is 0.285 e. The lowest BCUT2D eigenvalue weighted by atomic mass is 10.1. The van der Waals surface area contributed by atoms with E-state index in [1.54, 1.807) is 0 Å². The Morgan fingerprint density at radius 2 is 1.92 bits per heavy atom. The molecule has 13 heavy (non-hydrogen) atoms. The number of nitro benzene ring substituents is 1. The van der Waals surface area contributed by atoms with Crippen molar-refractivity contribution in [3.8, 4) is 0 Å². The third-order valence-corrected chi connectivity index (χ3v) is 1.45. The normalized spacial score (nSPS) is 9.23. The van der Waals surface area contributed by atoms with Gasteiger partial charge in [-0.15, -0.1) is 0 Å². The maximum atomic E-state index is 10.3. The zero-order chi connectivity index (χ0) is 9.84. The lowest BCUT2D eigenvalue weighted by Crippen LogP contribution is -1.98. The summed E-state index contributed by atoms with van der Waals surface area (Å²) in [6.45, 7) is 0. The second-order valence-electron chi connectivity index (χ2n) is 2.16. The summed E-state index contributed by atoms with van der Waals surface area (Å²) in [4.78, 5) is 30.1. The Morgan fingerprint density at radius 1 is 1.23 bits per heavy atom. The van der Waals surface area contributed by atoms with Crippen molar-refractivity contribution in [2.75, 3.05) is 0 Å². The molecule has 0 fully saturated rings. The van der Waals surface area contributed by atoms with Crippen LogP contribution in [0.2, 0.25) is 0 Å². The maximum Gasteiger partial charge on any atom is 0.281 e. The molecule has 5 nitrogen and oxygen atoms in total. The van der Waals surface area contributed by atoms with Gasteiger partial charge < -0.3 is 0 Å². The minimum atomic E-state index is -0.749. The van der Waals surface area contributed by atoms with Crippen molar-refractivity contribution in [1.82, 2.24) is 0 Å². The highest BCUT2D eigenvalue weighted by Crippen LogP contribution is 2.18. The van der Waals surface area contributed by atoms with Gasteiger partial charge in [-0.1, -0.05) is 6.07 Å². The molecule has 0 N–H and O–H groups in total. The SMILES string of the molecule is O=[C]c1cccc([N+](=O)[O-])c1[C]=O. The molecule has 0 amide bonds. The van der Waals surface area contributed by atoms with E-state index in [9.17, 15) is 19.7 Å². The maximum absolute atomic E-state index is 10.3. The molecule has 0 saturated heterocycles. The van der Waals surface area contributed by atoms with Gasteiger partial charge in [-0.2, -0.15) is 0 Å². The Bertz CT molecular complexity index is 372. The zero-order valence-corrected chi connectivity index (χ0v) is 6.31. The third kappa shape index (κ3) is 1.58. The molecule has 0 spiro atoms. The molecule has 0 aliphatic carbocycles. The van der Waals surface area contributed by atoms with Crippen molar-refractivity contribution < 1.29 is 14.5 Å². The van der Waals surface area contributed by atoms with Gasteiger partial charge in [0.25, 0.3) is 5.69 Å². The van der Waals surface area contributed by atoms with Crippen molar-refractivity contribution in [2.24, 2.45) is 0 Å². The Morgan fingerprint density at radius 3 is 2.38 bits per heavy atom. The van der Waals surface area contributed by atoms with E-state index in [4.69, 9.17) is 0 Å². The van der Waals surface area contributed by atoms with Gasteiger partial charge >= 0.3 is 0 Å². The molecule has 1 aromatic rings.